The molecule has 1 fully saturated rings. The Hall–Kier alpha value is -3.17. The second-order valence-electron chi connectivity index (χ2n) is 10.5. The van der Waals surface area contributed by atoms with Gasteiger partial charge in [-0.1, -0.05) is 35.9 Å². The number of rotatable bonds is 7. The molecule has 0 aliphatic carbocycles. The molecule has 2 heterocycles. The van der Waals surface area contributed by atoms with Crippen LogP contribution in [0.25, 0.3) is 11.0 Å². The van der Waals surface area contributed by atoms with Crippen LogP contribution < -0.4 is 5.69 Å². The first-order valence-corrected chi connectivity index (χ1v) is 13.6. The van der Waals surface area contributed by atoms with Gasteiger partial charge in [-0.05, 0) is 86.7 Å². The van der Waals surface area contributed by atoms with E-state index in [-0.39, 0.29) is 35.2 Å². The van der Waals surface area contributed by atoms with Crippen LogP contribution in [0.15, 0.2) is 65.5 Å². The van der Waals surface area contributed by atoms with E-state index in [0.717, 1.165) is 43.1 Å². The second kappa shape index (κ2) is 11.4. The zero-order valence-corrected chi connectivity index (χ0v) is 22.6. The fourth-order valence-electron chi connectivity index (χ4n) is 5.90. The summed E-state index contributed by atoms with van der Waals surface area (Å²) in [5.74, 6) is -0.628. The summed E-state index contributed by atoms with van der Waals surface area (Å²) in [4.78, 5) is 17.7. The van der Waals surface area contributed by atoms with Gasteiger partial charge in [0.25, 0.3) is 0 Å². The molecule has 0 spiro atoms. The van der Waals surface area contributed by atoms with Crippen molar-refractivity contribution in [2.75, 3.05) is 13.1 Å². The fourth-order valence-corrected chi connectivity index (χ4v) is 6.17. The normalized spacial score (nSPS) is 18.6. The van der Waals surface area contributed by atoms with Gasteiger partial charge in [0.2, 0.25) is 0 Å². The summed E-state index contributed by atoms with van der Waals surface area (Å²) < 4.78 is 68.5. The summed E-state index contributed by atoms with van der Waals surface area (Å²) in [7, 11) is 0. The number of imidazole rings is 1. The first-order chi connectivity index (χ1) is 19.0. The molecule has 1 aliphatic heterocycles. The average molecular weight is 578 g/mol. The smallest absolute Gasteiger partial charge is 0.306 e. The van der Waals surface area contributed by atoms with E-state index in [4.69, 9.17) is 11.6 Å². The molecule has 40 heavy (non-hydrogen) atoms. The highest BCUT2D eigenvalue weighted by Gasteiger charge is 2.35. The molecule has 1 N–H and O–H groups in total. The topological polar surface area (TPSA) is 41.0 Å². The predicted molar refractivity (Wildman–Crippen MR) is 146 cm³/mol. The van der Waals surface area contributed by atoms with Crippen molar-refractivity contribution in [2.45, 2.75) is 56.8 Å². The predicted octanol–water partition coefficient (Wildman–Crippen LogP) is 7.92. The zero-order valence-electron chi connectivity index (χ0n) is 21.8. The van der Waals surface area contributed by atoms with Crippen LogP contribution in [0, 0.1) is 11.6 Å². The zero-order chi connectivity index (χ0) is 28.6. The maximum Gasteiger partial charge on any atom is 0.417 e. The highest BCUT2D eigenvalue weighted by molar-refractivity contribution is 6.32. The van der Waals surface area contributed by atoms with Crippen LogP contribution in [-0.2, 0) is 6.18 Å². The number of hydrogen-bond acceptors (Lipinski definition) is 2. The first-order valence-electron chi connectivity index (χ1n) is 13.3. The molecule has 1 aliphatic rings. The van der Waals surface area contributed by atoms with Crippen molar-refractivity contribution >= 4 is 22.6 Å². The van der Waals surface area contributed by atoms with E-state index in [2.05, 4.69) is 16.8 Å². The van der Waals surface area contributed by atoms with Crippen molar-refractivity contribution in [1.29, 1.82) is 0 Å². The number of piperidine rings is 1. The first kappa shape index (κ1) is 28.4. The Morgan fingerprint density at radius 2 is 1.60 bits per heavy atom. The molecule has 212 valence electrons. The van der Waals surface area contributed by atoms with Crippen molar-refractivity contribution in [3.05, 3.63) is 104 Å². The SMILES string of the molecule is CC1CC(n2c(=O)[nH]c3cc(C(F)(F)F)c(Cl)cc32)CCN1CCCC(c1ccc(F)cc1)c1ccc(F)cc1. The van der Waals surface area contributed by atoms with E-state index in [1.165, 1.54) is 34.9 Å². The summed E-state index contributed by atoms with van der Waals surface area (Å²) in [6.07, 6.45) is -1.67. The second-order valence-corrected chi connectivity index (χ2v) is 10.9. The van der Waals surface area contributed by atoms with Crippen LogP contribution >= 0.6 is 11.6 Å². The lowest BCUT2D eigenvalue weighted by Gasteiger charge is -2.38. The van der Waals surface area contributed by atoms with Crippen LogP contribution in [0.5, 0.6) is 0 Å². The maximum absolute atomic E-state index is 13.5. The van der Waals surface area contributed by atoms with Crippen LogP contribution in [0.4, 0.5) is 22.0 Å². The standard InChI is InChI=1S/C30H29ClF5N3O/c1-18-15-23(39-28-17-26(31)25(30(34,35)36)16-27(28)37-29(39)40)12-14-38(18)13-2-3-24(19-4-8-21(32)9-5-19)20-6-10-22(33)11-7-20/h4-11,16-18,23-24H,2-3,12-15H2,1H3,(H,37,40). The van der Waals surface area contributed by atoms with Gasteiger partial charge in [-0.3, -0.25) is 4.57 Å². The van der Waals surface area contributed by atoms with Gasteiger partial charge in [0.05, 0.1) is 21.6 Å². The minimum Gasteiger partial charge on any atom is -0.306 e. The molecule has 10 heteroatoms. The molecule has 2 unspecified atom stereocenters. The van der Waals surface area contributed by atoms with Crippen molar-refractivity contribution in [3.63, 3.8) is 0 Å². The molecule has 3 aromatic carbocycles. The van der Waals surface area contributed by atoms with Crippen molar-refractivity contribution in [1.82, 2.24) is 14.5 Å². The van der Waals surface area contributed by atoms with Crippen LogP contribution in [0.1, 0.15) is 61.3 Å². The van der Waals surface area contributed by atoms with E-state index in [1.807, 2.05) is 0 Å². The number of alkyl halides is 3. The number of benzene rings is 3. The van der Waals surface area contributed by atoms with E-state index in [1.54, 1.807) is 24.3 Å². The molecule has 0 saturated carbocycles. The fraction of sp³-hybridized carbons (Fsp3) is 0.367. The third-order valence-electron chi connectivity index (χ3n) is 7.94. The number of aromatic nitrogens is 2. The molecular weight excluding hydrogens is 549 g/mol. The molecule has 0 amide bonds. The lowest BCUT2D eigenvalue weighted by atomic mass is 9.87. The highest BCUT2D eigenvalue weighted by atomic mass is 35.5. The van der Waals surface area contributed by atoms with E-state index in [9.17, 15) is 26.7 Å². The summed E-state index contributed by atoms with van der Waals surface area (Å²) in [6, 6.07) is 14.9. The number of H-pyrrole nitrogens is 1. The lowest BCUT2D eigenvalue weighted by molar-refractivity contribution is -0.137. The summed E-state index contributed by atoms with van der Waals surface area (Å²) in [5, 5.41) is -0.435. The third-order valence-corrected chi connectivity index (χ3v) is 8.26. The van der Waals surface area contributed by atoms with Gasteiger partial charge in [0.1, 0.15) is 11.6 Å². The molecular formula is C30H29ClF5N3O. The van der Waals surface area contributed by atoms with E-state index in [0.29, 0.717) is 18.4 Å². The number of nitrogens with one attached hydrogen (secondary N) is 1. The Morgan fingerprint density at radius 3 is 2.15 bits per heavy atom. The molecule has 1 saturated heterocycles. The molecule has 4 nitrogen and oxygen atoms in total. The van der Waals surface area contributed by atoms with Crippen LogP contribution in [0.2, 0.25) is 5.02 Å². The van der Waals surface area contributed by atoms with Gasteiger partial charge in [-0.2, -0.15) is 13.2 Å². The van der Waals surface area contributed by atoms with Gasteiger partial charge in [0.15, 0.2) is 0 Å². The monoisotopic (exact) mass is 577 g/mol. The Morgan fingerprint density at radius 1 is 1.00 bits per heavy atom. The molecule has 2 atom stereocenters. The van der Waals surface area contributed by atoms with E-state index >= 15 is 0 Å². The Bertz CT molecular complexity index is 1480. The molecule has 1 aromatic heterocycles. The molecule has 4 aromatic rings. The maximum atomic E-state index is 13.5. The number of hydrogen-bond donors (Lipinski definition) is 1. The Labute approximate surface area is 233 Å². The summed E-state index contributed by atoms with van der Waals surface area (Å²) in [5.41, 5.74) is 0.992. The largest absolute Gasteiger partial charge is 0.417 e. The minimum absolute atomic E-state index is 0.00909. The highest BCUT2D eigenvalue weighted by Crippen LogP contribution is 2.38. The molecule has 0 bridgehead atoms. The Balaban J connectivity index is 1.27. The van der Waals surface area contributed by atoms with Gasteiger partial charge in [-0.15, -0.1) is 0 Å². The van der Waals surface area contributed by atoms with Crippen LogP contribution in [-0.4, -0.2) is 33.6 Å². The molecule has 5 rings (SSSR count). The minimum atomic E-state index is -4.61. The summed E-state index contributed by atoms with van der Waals surface area (Å²) in [6.45, 7) is 3.60. The summed E-state index contributed by atoms with van der Waals surface area (Å²) >= 11 is 5.95. The third kappa shape index (κ3) is 5.95. The molecule has 0 radical (unpaired) electrons. The van der Waals surface area contributed by atoms with Gasteiger partial charge >= 0.3 is 11.9 Å². The average Bonchev–Trinajstić information content (AvgIpc) is 3.22. The van der Waals surface area contributed by atoms with Crippen molar-refractivity contribution in [2.24, 2.45) is 0 Å². The number of likely N-dealkylation sites (tertiary alicyclic amines) is 1. The number of halogens is 6. The Kier molecular flexibility index (Phi) is 8.06. The van der Waals surface area contributed by atoms with E-state index < -0.39 is 22.5 Å². The van der Waals surface area contributed by atoms with Crippen LogP contribution in [0.3, 0.4) is 0 Å². The number of nitrogens with zero attached hydrogens (tertiary/aromatic N) is 2. The van der Waals surface area contributed by atoms with Gasteiger partial charge in [-0.25, -0.2) is 13.6 Å². The number of fused-ring (bicyclic) bond motifs is 1. The lowest BCUT2D eigenvalue weighted by Crippen LogP contribution is -2.43. The van der Waals surface area contributed by atoms with Gasteiger partial charge < -0.3 is 9.88 Å². The number of aromatic amines is 1. The van der Waals surface area contributed by atoms with Crippen molar-refractivity contribution in [3.8, 4) is 0 Å². The van der Waals surface area contributed by atoms with Gasteiger partial charge in [0, 0.05) is 24.5 Å². The quantitative estimate of drug-likeness (QED) is 0.227. The van der Waals surface area contributed by atoms with Crippen molar-refractivity contribution < 1.29 is 22.0 Å².